The minimum absolute atomic E-state index is 0.144. The van der Waals surface area contributed by atoms with Crippen LogP contribution in [0.15, 0.2) is 22.7 Å². The Morgan fingerprint density at radius 2 is 2.43 bits per heavy atom. The average molecular weight is 258 g/mol. The first-order chi connectivity index (χ1) is 6.68. The number of fused-ring (bicyclic) bond motifs is 1. The molecule has 74 valence electrons. The van der Waals surface area contributed by atoms with E-state index in [9.17, 15) is 4.79 Å². The molecule has 1 unspecified atom stereocenters. The van der Waals surface area contributed by atoms with Crippen LogP contribution in [0.1, 0.15) is 0 Å². The second-order valence-electron chi connectivity index (χ2n) is 2.96. The Kier molecular flexibility index (Phi) is 2.33. The minimum Gasteiger partial charge on any atom is -0.487 e. The highest BCUT2D eigenvalue weighted by molar-refractivity contribution is 9.10. The summed E-state index contributed by atoms with van der Waals surface area (Å²) in [6.07, 6.45) is 0. The molecule has 0 radical (unpaired) electrons. The average Bonchev–Trinajstić information content (AvgIpc) is 2.17. The lowest BCUT2D eigenvalue weighted by Gasteiger charge is -2.25. The van der Waals surface area contributed by atoms with E-state index in [1.165, 1.54) is 0 Å². The fourth-order valence-corrected chi connectivity index (χ4v) is 1.78. The van der Waals surface area contributed by atoms with Crippen LogP contribution >= 0.6 is 15.9 Å². The molecule has 0 spiro atoms. The molecule has 0 amide bonds. The molecule has 1 aliphatic heterocycles. The molecule has 1 aromatic carbocycles. The van der Waals surface area contributed by atoms with Gasteiger partial charge in [-0.2, -0.15) is 0 Å². The topological polar surface area (TPSA) is 58.6 Å². The van der Waals surface area contributed by atoms with Crippen molar-refractivity contribution < 1.29 is 14.6 Å². The number of aliphatic carboxylic acids is 1. The first-order valence-corrected chi connectivity index (χ1v) is 4.88. The molecule has 1 heterocycles. The Labute approximate surface area is 89.0 Å². The second kappa shape index (κ2) is 3.49. The maximum absolute atomic E-state index is 10.7. The van der Waals surface area contributed by atoms with Gasteiger partial charge in [0.1, 0.15) is 6.61 Å². The summed E-state index contributed by atoms with van der Waals surface area (Å²) in [5, 5.41) is 11.7. The molecule has 0 aliphatic carbocycles. The monoisotopic (exact) mass is 257 g/mol. The summed E-state index contributed by atoms with van der Waals surface area (Å²) in [5.74, 6) is -0.236. The molecule has 0 bridgehead atoms. The van der Waals surface area contributed by atoms with Gasteiger partial charge in [-0.25, -0.2) is 4.79 Å². The Balaban J connectivity index is 2.31. The Morgan fingerprint density at radius 3 is 3.14 bits per heavy atom. The fraction of sp³-hybridized carbons (Fsp3) is 0.222. The van der Waals surface area contributed by atoms with E-state index in [0.29, 0.717) is 11.4 Å². The lowest BCUT2D eigenvalue weighted by atomic mass is 10.2. The van der Waals surface area contributed by atoms with E-state index in [1.54, 1.807) is 6.07 Å². The number of para-hydroxylation sites is 1. The van der Waals surface area contributed by atoms with Gasteiger partial charge in [0.2, 0.25) is 0 Å². The molecule has 0 aromatic heterocycles. The van der Waals surface area contributed by atoms with Gasteiger partial charge in [0.15, 0.2) is 11.8 Å². The molecular weight excluding hydrogens is 250 g/mol. The van der Waals surface area contributed by atoms with Crippen molar-refractivity contribution in [3.63, 3.8) is 0 Å². The van der Waals surface area contributed by atoms with Crippen molar-refractivity contribution in [3.8, 4) is 5.75 Å². The number of halogens is 1. The van der Waals surface area contributed by atoms with E-state index in [-0.39, 0.29) is 6.61 Å². The van der Waals surface area contributed by atoms with Gasteiger partial charge in [0.05, 0.1) is 10.2 Å². The summed E-state index contributed by atoms with van der Waals surface area (Å²) < 4.78 is 6.16. The van der Waals surface area contributed by atoms with Crippen molar-refractivity contribution in [2.24, 2.45) is 0 Å². The quantitative estimate of drug-likeness (QED) is 0.805. The third kappa shape index (κ3) is 1.55. The summed E-state index contributed by atoms with van der Waals surface area (Å²) in [4.78, 5) is 10.7. The predicted molar refractivity (Wildman–Crippen MR) is 54.7 cm³/mol. The number of carbonyl (C=O) groups is 1. The zero-order valence-corrected chi connectivity index (χ0v) is 8.74. The number of ether oxygens (including phenoxy) is 1. The zero-order chi connectivity index (χ0) is 10.1. The molecule has 4 nitrogen and oxygen atoms in total. The van der Waals surface area contributed by atoms with E-state index >= 15 is 0 Å². The standard InChI is InChI=1S/C9H8BrNO3/c10-5-2-1-3-6-8(5)14-4-7(11-6)9(12)13/h1-3,7,11H,4H2,(H,12,13). The summed E-state index contributed by atoms with van der Waals surface area (Å²) >= 11 is 3.33. The van der Waals surface area contributed by atoms with E-state index in [0.717, 1.165) is 4.47 Å². The molecule has 2 N–H and O–H groups in total. The van der Waals surface area contributed by atoms with Crippen molar-refractivity contribution in [2.75, 3.05) is 11.9 Å². The van der Waals surface area contributed by atoms with Crippen LogP contribution in [-0.2, 0) is 4.79 Å². The molecular formula is C9H8BrNO3. The Bertz CT molecular complexity index is 380. The van der Waals surface area contributed by atoms with Gasteiger partial charge in [0.25, 0.3) is 0 Å². The first kappa shape index (κ1) is 9.33. The van der Waals surface area contributed by atoms with Crippen molar-refractivity contribution in [3.05, 3.63) is 22.7 Å². The van der Waals surface area contributed by atoms with E-state index in [4.69, 9.17) is 9.84 Å². The van der Waals surface area contributed by atoms with Crippen molar-refractivity contribution in [1.29, 1.82) is 0 Å². The third-order valence-electron chi connectivity index (χ3n) is 1.99. The van der Waals surface area contributed by atoms with Crippen LogP contribution < -0.4 is 10.1 Å². The van der Waals surface area contributed by atoms with Gasteiger partial charge in [-0.3, -0.25) is 0 Å². The summed E-state index contributed by atoms with van der Waals surface area (Å²) in [6.45, 7) is 0.144. The molecule has 2 rings (SSSR count). The van der Waals surface area contributed by atoms with Crippen LogP contribution in [-0.4, -0.2) is 23.7 Å². The number of carboxylic acids is 1. The van der Waals surface area contributed by atoms with Gasteiger partial charge >= 0.3 is 5.97 Å². The van der Waals surface area contributed by atoms with Gasteiger partial charge in [-0.15, -0.1) is 0 Å². The maximum Gasteiger partial charge on any atom is 0.329 e. The van der Waals surface area contributed by atoms with Crippen LogP contribution in [0, 0.1) is 0 Å². The Morgan fingerprint density at radius 1 is 1.64 bits per heavy atom. The molecule has 1 aromatic rings. The van der Waals surface area contributed by atoms with Gasteiger partial charge in [0, 0.05) is 0 Å². The molecule has 1 atom stereocenters. The summed E-state index contributed by atoms with van der Waals surface area (Å²) in [7, 11) is 0. The molecule has 14 heavy (non-hydrogen) atoms. The molecule has 1 aliphatic rings. The van der Waals surface area contributed by atoms with Crippen LogP contribution in [0.25, 0.3) is 0 Å². The number of rotatable bonds is 1. The molecule has 0 fully saturated rings. The number of benzene rings is 1. The van der Waals surface area contributed by atoms with Gasteiger partial charge in [-0.1, -0.05) is 6.07 Å². The number of carboxylic acid groups (broad SMARTS) is 1. The first-order valence-electron chi connectivity index (χ1n) is 4.09. The number of nitrogens with one attached hydrogen (secondary N) is 1. The van der Waals surface area contributed by atoms with Crippen molar-refractivity contribution >= 4 is 27.6 Å². The van der Waals surface area contributed by atoms with Crippen LogP contribution in [0.4, 0.5) is 5.69 Å². The maximum atomic E-state index is 10.7. The summed E-state index contributed by atoms with van der Waals surface area (Å²) in [6, 6.07) is 4.79. The molecule has 0 saturated carbocycles. The second-order valence-corrected chi connectivity index (χ2v) is 3.82. The van der Waals surface area contributed by atoms with Crippen molar-refractivity contribution in [1.82, 2.24) is 0 Å². The molecule has 0 saturated heterocycles. The lowest BCUT2D eigenvalue weighted by Crippen LogP contribution is -2.38. The SMILES string of the molecule is O=C(O)C1COc2c(Br)cccc2N1. The highest BCUT2D eigenvalue weighted by Gasteiger charge is 2.25. The van der Waals surface area contributed by atoms with E-state index < -0.39 is 12.0 Å². The minimum atomic E-state index is -0.907. The molecule has 5 heteroatoms. The fourth-order valence-electron chi connectivity index (χ4n) is 1.30. The number of anilines is 1. The number of hydrogen-bond acceptors (Lipinski definition) is 3. The van der Waals surface area contributed by atoms with Crippen LogP contribution in [0.2, 0.25) is 0 Å². The smallest absolute Gasteiger partial charge is 0.329 e. The zero-order valence-electron chi connectivity index (χ0n) is 7.16. The normalized spacial score (nSPS) is 19.1. The third-order valence-corrected chi connectivity index (χ3v) is 2.61. The van der Waals surface area contributed by atoms with Crippen LogP contribution in [0.3, 0.4) is 0 Å². The highest BCUT2D eigenvalue weighted by atomic mass is 79.9. The number of hydrogen-bond donors (Lipinski definition) is 2. The summed E-state index contributed by atoms with van der Waals surface area (Å²) in [5.41, 5.74) is 0.707. The van der Waals surface area contributed by atoms with E-state index in [2.05, 4.69) is 21.2 Å². The Hall–Kier alpha value is -1.23. The van der Waals surface area contributed by atoms with E-state index in [1.807, 2.05) is 12.1 Å². The van der Waals surface area contributed by atoms with Gasteiger partial charge < -0.3 is 15.2 Å². The highest BCUT2D eigenvalue weighted by Crippen LogP contribution is 2.35. The largest absolute Gasteiger partial charge is 0.487 e. The van der Waals surface area contributed by atoms with Crippen molar-refractivity contribution in [2.45, 2.75) is 6.04 Å². The van der Waals surface area contributed by atoms with Gasteiger partial charge in [-0.05, 0) is 28.1 Å². The lowest BCUT2D eigenvalue weighted by molar-refractivity contribution is -0.138. The van der Waals surface area contributed by atoms with Crippen LogP contribution in [0.5, 0.6) is 5.75 Å². The predicted octanol–water partition coefficient (Wildman–Crippen LogP) is 1.71.